The Morgan fingerprint density at radius 1 is 0.408 bits per heavy atom. The maximum absolute atomic E-state index is 9.50. The highest BCUT2D eigenvalue weighted by Crippen LogP contribution is 2.38. The normalized spacial score (nSPS) is 15.6. The highest BCUT2D eigenvalue weighted by molar-refractivity contribution is 6.10. The SMILES string of the molecule is [2H]c1c([2H])c([2H])c(-c2c([2H])c([2H])c(-c3c([2H])c([2H])c([2H])c4c3oc3c([2H])c(-c5nc(-c6ccccc6)nc(-c6cccc(-c7ccccc7)c6)n5)c([2H])c([2H])c34)c([2H])c2[2H])c([2H])c1[2H]. The molecule has 230 valence electrons. The van der Waals surface area contributed by atoms with Crippen LogP contribution in [0.3, 0.4) is 0 Å². The zero-order chi connectivity index (χ0) is 45.6. The Labute approximate surface area is 305 Å². The van der Waals surface area contributed by atoms with Gasteiger partial charge in [-0.3, -0.25) is 0 Å². The summed E-state index contributed by atoms with van der Waals surface area (Å²) in [6.45, 7) is 0. The molecule has 0 spiro atoms. The predicted octanol–water partition coefficient (Wildman–Crippen LogP) is 11.8. The van der Waals surface area contributed by atoms with Gasteiger partial charge in [-0.25, -0.2) is 15.0 Å². The molecule has 0 aliphatic heterocycles. The number of fused-ring (bicyclic) bond motifs is 3. The first-order chi connectivity index (χ1) is 30.5. The summed E-state index contributed by atoms with van der Waals surface area (Å²) in [6.07, 6.45) is 0. The van der Waals surface area contributed by atoms with Crippen LogP contribution >= 0.6 is 0 Å². The van der Waals surface area contributed by atoms with E-state index >= 15 is 0 Å². The highest BCUT2D eigenvalue weighted by Gasteiger charge is 2.17. The third-order valence-electron chi connectivity index (χ3n) is 7.81. The van der Waals surface area contributed by atoms with Crippen molar-refractivity contribution in [3.63, 3.8) is 0 Å². The molecule has 0 amide bonds. The number of nitrogens with zero attached hydrogens (tertiary/aromatic N) is 3. The van der Waals surface area contributed by atoms with Crippen molar-refractivity contribution in [1.82, 2.24) is 15.0 Å². The number of furan rings is 1. The summed E-state index contributed by atoms with van der Waals surface area (Å²) in [6, 6.07) is 15.3. The number of benzene rings is 7. The lowest BCUT2D eigenvalue weighted by Gasteiger charge is -2.09. The lowest BCUT2D eigenvalue weighted by atomic mass is 9.99. The molecule has 0 atom stereocenters. The first-order valence-electron chi connectivity index (χ1n) is 22.6. The van der Waals surface area contributed by atoms with Crippen molar-refractivity contribution >= 4 is 21.9 Å². The summed E-state index contributed by atoms with van der Waals surface area (Å²) in [5.41, 5.74) is -0.306. The van der Waals surface area contributed by atoms with Crippen molar-refractivity contribution in [3.05, 3.63) is 176 Å². The van der Waals surface area contributed by atoms with E-state index in [1.54, 1.807) is 30.3 Å². The predicted molar refractivity (Wildman–Crippen MR) is 200 cm³/mol. The standard InChI is InChI=1S/C45H29N3O/c1-4-12-30(13-5-1)32-22-24-33(25-23-32)38-20-11-21-40-39-27-26-37(29-41(39)49-42(38)40)45-47-43(34-16-8-3-9-17-34)46-44(48-45)36-19-10-18-35(28-36)31-14-6-2-7-15-31/h1-29H/i1D,4D,5D,11D,12D,13D,20D,21D,22D,23D,24D,25D,26D,27D,29D. The number of para-hydroxylation sites is 1. The number of rotatable bonds is 6. The Kier molecular flexibility index (Phi) is 4.21. The van der Waals surface area contributed by atoms with Gasteiger partial charge in [-0.2, -0.15) is 0 Å². The van der Waals surface area contributed by atoms with Gasteiger partial charge in [0.25, 0.3) is 0 Å². The van der Waals surface area contributed by atoms with Crippen molar-refractivity contribution in [2.75, 3.05) is 0 Å². The molecule has 0 bridgehead atoms. The number of hydrogen-bond acceptors (Lipinski definition) is 4. The minimum absolute atomic E-state index is 0.156. The van der Waals surface area contributed by atoms with Crippen molar-refractivity contribution in [1.29, 1.82) is 0 Å². The van der Waals surface area contributed by atoms with Crippen LogP contribution in [0.15, 0.2) is 180 Å². The van der Waals surface area contributed by atoms with E-state index in [0.717, 1.165) is 11.1 Å². The molecule has 0 N–H and O–H groups in total. The van der Waals surface area contributed by atoms with E-state index in [1.165, 1.54) is 0 Å². The van der Waals surface area contributed by atoms with Gasteiger partial charge < -0.3 is 4.42 Å². The van der Waals surface area contributed by atoms with Crippen LogP contribution in [0.1, 0.15) is 20.6 Å². The highest BCUT2D eigenvalue weighted by atomic mass is 16.3. The first kappa shape index (κ1) is 17.0. The third kappa shape index (κ3) is 5.45. The maximum atomic E-state index is 9.50. The average Bonchev–Trinajstić information content (AvgIpc) is 3.72. The van der Waals surface area contributed by atoms with Crippen LogP contribution < -0.4 is 0 Å². The van der Waals surface area contributed by atoms with E-state index in [1.807, 2.05) is 54.6 Å². The topological polar surface area (TPSA) is 51.8 Å². The Morgan fingerprint density at radius 3 is 1.76 bits per heavy atom. The largest absolute Gasteiger partial charge is 0.455 e. The van der Waals surface area contributed by atoms with Crippen LogP contribution in [0.4, 0.5) is 0 Å². The summed E-state index contributed by atoms with van der Waals surface area (Å²) in [7, 11) is 0. The summed E-state index contributed by atoms with van der Waals surface area (Å²) in [5.74, 6) is 0.237. The fourth-order valence-electron chi connectivity index (χ4n) is 5.44. The second-order valence-corrected chi connectivity index (χ2v) is 10.9. The Morgan fingerprint density at radius 2 is 1.00 bits per heavy atom. The van der Waals surface area contributed by atoms with E-state index in [4.69, 9.17) is 30.8 Å². The zero-order valence-electron chi connectivity index (χ0n) is 40.3. The molecule has 0 radical (unpaired) electrons. The van der Waals surface area contributed by atoms with Gasteiger partial charge in [-0.15, -0.1) is 0 Å². The van der Waals surface area contributed by atoms with Gasteiger partial charge in [0.1, 0.15) is 11.2 Å². The van der Waals surface area contributed by atoms with Crippen LogP contribution in [0.25, 0.3) is 89.5 Å². The molecule has 0 saturated heterocycles. The van der Waals surface area contributed by atoms with Crippen molar-refractivity contribution in [2.24, 2.45) is 0 Å². The van der Waals surface area contributed by atoms with Crippen LogP contribution in [0.5, 0.6) is 0 Å². The van der Waals surface area contributed by atoms with Crippen molar-refractivity contribution in [3.8, 4) is 67.5 Å². The van der Waals surface area contributed by atoms with Gasteiger partial charge in [0.15, 0.2) is 17.5 Å². The molecule has 9 rings (SSSR count). The third-order valence-corrected chi connectivity index (χ3v) is 7.81. The molecule has 49 heavy (non-hydrogen) atoms. The van der Waals surface area contributed by atoms with Crippen LogP contribution in [-0.2, 0) is 0 Å². The molecule has 0 aliphatic rings. The summed E-state index contributed by atoms with van der Waals surface area (Å²) in [5, 5.41) is -0.553. The van der Waals surface area contributed by atoms with Crippen molar-refractivity contribution in [2.45, 2.75) is 0 Å². The maximum Gasteiger partial charge on any atom is 0.164 e. The second kappa shape index (κ2) is 12.2. The Balaban J connectivity index is 1.31. The lowest BCUT2D eigenvalue weighted by Crippen LogP contribution is -2.00. The van der Waals surface area contributed by atoms with E-state index in [2.05, 4.69) is 4.98 Å². The molecular weight excluding hydrogens is 599 g/mol. The van der Waals surface area contributed by atoms with E-state index in [9.17, 15) is 4.11 Å². The molecule has 2 heterocycles. The van der Waals surface area contributed by atoms with Gasteiger partial charge in [-0.1, -0.05) is 157 Å². The fourth-order valence-corrected chi connectivity index (χ4v) is 5.44. The van der Waals surface area contributed by atoms with Crippen LogP contribution in [0.2, 0.25) is 0 Å². The average molecular weight is 643 g/mol. The quantitative estimate of drug-likeness (QED) is 0.181. The van der Waals surface area contributed by atoms with Gasteiger partial charge in [0.05, 0.1) is 20.6 Å². The lowest BCUT2D eigenvalue weighted by molar-refractivity contribution is 0.670. The van der Waals surface area contributed by atoms with Crippen LogP contribution in [-0.4, -0.2) is 15.0 Å². The summed E-state index contributed by atoms with van der Waals surface area (Å²) >= 11 is 0. The zero-order valence-corrected chi connectivity index (χ0v) is 25.3. The molecule has 7 aromatic carbocycles. The molecular formula is C45H29N3O. The Hall–Kier alpha value is -6.65. The Bertz CT molecular complexity index is 3390. The molecule has 0 unspecified atom stereocenters. The fraction of sp³-hybridized carbons (Fsp3) is 0. The minimum atomic E-state index is -0.827. The minimum Gasteiger partial charge on any atom is -0.455 e. The molecule has 2 aromatic heterocycles. The smallest absolute Gasteiger partial charge is 0.164 e. The van der Waals surface area contributed by atoms with E-state index < -0.39 is 118 Å². The molecule has 4 heteroatoms. The molecule has 0 fully saturated rings. The monoisotopic (exact) mass is 642 g/mol. The van der Waals surface area contributed by atoms with Gasteiger partial charge >= 0.3 is 0 Å². The van der Waals surface area contributed by atoms with E-state index in [0.29, 0.717) is 11.1 Å². The first-order valence-corrected chi connectivity index (χ1v) is 15.1. The molecule has 4 nitrogen and oxygen atoms in total. The number of hydrogen-bond donors (Lipinski definition) is 0. The second-order valence-electron chi connectivity index (χ2n) is 10.9. The van der Waals surface area contributed by atoms with Gasteiger partial charge in [-0.05, 0) is 46.0 Å². The van der Waals surface area contributed by atoms with Gasteiger partial charge in [0, 0.05) is 33.0 Å². The molecule has 0 saturated carbocycles. The van der Waals surface area contributed by atoms with E-state index in [-0.39, 0.29) is 39.4 Å². The molecule has 9 aromatic rings. The van der Waals surface area contributed by atoms with Crippen LogP contribution in [0, 0.1) is 0 Å². The summed E-state index contributed by atoms with van der Waals surface area (Å²) < 4.78 is 138. The van der Waals surface area contributed by atoms with Gasteiger partial charge in [0.2, 0.25) is 0 Å². The summed E-state index contributed by atoms with van der Waals surface area (Å²) in [4.78, 5) is 14.2. The number of aromatic nitrogens is 3. The molecule has 0 aliphatic carbocycles. The van der Waals surface area contributed by atoms with Crippen molar-refractivity contribution < 1.29 is 25.0 Å².